The number of nitriles is 1. The van der Waals surface area contributed by atoms with Crippen molar-refractivity contribution < 1.29 is 0 Å². The molecule has 1 saturated heterocycles. The minimum absolute atomic E-state index is 0.507. The average Bonchev–Trinajstić information content (AvgIpc) is 2.38. The Labute approximate surface area is 118 Å². The van der Waals surface area contributed by atoms with Gasteiger partial charge >= 0.3 is 0 Å². The highest BCUT2D eigenvalue weighted by Gasteiger charge is 2.31. The van der Waals surface area contributed by atoms with E-state index in [1.807, 2.05) is 32.3 Å². The van der Waals surface area contributed by atoms with Crippen molar-refractivity contribution in [3.63, 3.8) is 0 Å². The first kappa shape index (κ1) is 12.6. The number of rotatable bonds is 2. The maximum Gasteiger partial charge on any atom is 0.147 e. The molecule has 0 spiro atoms. The summed E-state index contributed by atoms with van der Waals surface area (Å²) in [6.07, 6.45) is 3.65. The largest absolute Gasteiger partial charge is 0.354 e. The molecule has 2 aromatic heterocycles. The monoisotopic (exact) mass is 264 g/mol. The molecule has 0 unspecified atom stereocenters. The molecule has 1 aliphatic rings. The van der Waals surface area contributed by atoms with Crippen LogP contribution in [0, 0.1) is 25.2 Å². The molecule has 0 bridgehead atoms. The van der Waals surface area contributed by atoms with Crippen LogP contribution in [0.2, 0.25) is 0 Å². The molecule has 0 atom stereocenters. The Hall–Kier alpha value is -2.41. The highest BCUT2D eigenvalue weighted by Crippen LogP contribution is 2.33. The fraction of sp³-hybridized carbons (Fsp3) is 0.312. The van der Waals surface area contributed by atoms with E-state index >= 15 is 0 Å². The zero-order valence-electron chi connectivity index (χ0n) is 11.7. The Bertz CT molecular complexity index is 667. The fourth-order valence-corrected chi connectivity index (χ4v) is 2.68. The number of aromatic nitrogens is 2. The molecule has 0 saturated carbocycles. The molecule has 1 fully saturated rings. The van der Waals surface area contributed by atoms with Crippen LogP contribution in [0.5, 0.6) is 0 Å². The molecule has 3 heterocycles. The highest BCUT2D eigenvalue weighted by molar-refractivity contribution is 5.60. The second kappa shape index (κ2) is 4.93. The zero-order chi connectivity index (χ0) is 14.1. The van der Waals surface area contributed by atoms with Gasteiger partial charge in [0.15, 0.2) is 0 Å². The van der Waals surface area contributed by atoms with E-state index in [1.165, 1.54) is 5.56 Å². The molecule has 0 aliphatic carbocycles. The maximum atomic E-state index is 9.32. The van der Waals surface area contributed by atoms with Gasteiger partial charge in [0, 0.05) is 37.1 Å². The van der Waals surface area contributed by atoms with E-state index in [0.717, 1.165) is 30.2 Å². The molecule has 100 valence electrons. The van der Waals surface area contributed by atoms with Gasteiger partial charge in [0.25, 0.3) is 0 Å². The number of pyridine rings is 2. The minimum Gasteiger partial charge on any atom is -0.354 e. The summed E-state index contributed by atoms with van der Waals surface area (Å²) in [6, 6.07) is 8.36. The summed E-state index contributed by atoms with van der Waals surface area (Å²) in [5, 5.41) is 9.32. The molecule has 4 nitrogen and oxygen atoms in total. The first-order valence-electron chi connectivity index (χ1n) is 6.72. The van der Waals surface area contributed by atoms with Gasteiger partial charge < -0.3 is 4.90 Å². The molecule has 0 N–H and O–H groups in total. The lowest BCUT2D eigenvalue weighted by Gasteiger charge is -2.41. The van der Waals surface area contributed by atoms with Crippen molar-refractivity contribution in [2.75, 3.05) is 18.0 Å². The van der Waals surface area contributed by atoms with Crippen molar-refractivity contribution >= 4 is 5.82 Å². The van der Waals surface area contributed by atoms with E-state index in [9.17, 15) is 5.26 Å². The second-order valence-corrected chi connectivity index (χ2v) is 5.27. The summed E-state index contributed by atoms with van der Waals surface area (Å²) in [4.78, 5) is 10.8. The molecule has 0 aromatic carbocycles. The van der Waals surface area contributed by atoms with Crippen LogP contribution in [0.3, 0.4) is 0 Å². The Morgan fingerprint density at radius 2 is 1.95 bits per heavy atom. The normalized spacial score (nSPS) is 14.8. The molecule has 1 aliphatic heterocycles. The van der Waals surface area contributed by atoms with Crippen LogP contribution in [0.25, 0.3) is 0 Å². The number of anilines is 1. The van der Waals surface area contributed by atoms with Gasteiger partial charge in [-0.2, -0.15) is 5.26 Å². The molecule has 4 heteroatoms. The third-order valence-corrected chi connectivity index (χ3v) is 3.80. The van der Waals surface area contributed by atoms with Crippen LogP contribution in [0.15, 0.2) is 30.6 Å². The van der Waals surface area contributed by atoms with Gasteiger partial charge in [0.2, 0.25) is 0 Å². The molecular weight excluding hydrogens is 248 g/mol. The molecule has 2 aromatic rings. The van der Waals surface area contributed by atoms with E-state index in [0.29, 0.717) is 11.5 Å². The lowest BCUT2D eigenvalue weighted by Crippen LogP contribution is -2.46. The summed E-state index contributed by atoms with van der Waals surface area (Å²) in [6.45, 7) is 5.76. The van der Waals surface area contributed by atoms with E-state index in [4.69, 9.17) is 0 Å². The Kier molecular flexibility index (Phi) is 3.11. The van der Waals surface area contributed by atoms with Gasteiger partial charge in [-0.05, 0) is 43.2 Å². The van der Waals surface area contributed by atoms with Crippen LogP contribution in [-0.4, -0.2) is 23.1 Å². The topological polar surface area (TPSA) is 52.8 Å². The fourth-order valence-electron chi connectivity index (χ4n) is 2.68. The maximum absolute atomic E-state index is 9.32. The van der Waals surface area contributed by atoms with Gasteiger partial charge in [-0.15, -0.1) is 0 Å². The van der Waals surface area contributed by atoms with Gasteiger partial charge in [0.1, 0.15) is 11.9 Å². The van der Waals surface area contributed by atoms with E-state index in [2.05, 4.69) is 33.1 Å². The van der Waals surface area contributed by atoms with Gasteiger partial charge in [-0.3, -0.25) is 4.98 Å². The summed E-state index contributed by atoms with van der Waals surface area (Å²) < 4.78 is 0. The predicted molar refractivity (Wildman–Crippen MR) is 77.6 cm³/mol. The van der Waals surface area contributed by atoms with Crippen LogP contribution in [0.4, 0.5) is 5.82 Å². The minimum atomic E-state index is 0.507. The third-order valence-electron chi connectivity index (χ3n) is 3.80. The molecular formula is C16H16N4. The quantitative estimate of drug-likeness (QED) is 0.836. The first-order chi connectivity index (χ1) is 9.69. The predicted octanol–water partition coefficient (Wildman–Crippen LogP) is 2.57. The number of hydrogen-bond donors (Lipinski definition) is 0. The lowest BCUT2D eigenvalue weighted by atomic mass is 9.91. The molecule has 0 radical (unpaired) electrons. The van der Waals surface area contributed by atoms with E-state index in [1.54, 1.807) is 0 Å². The van der Waals surface area contributed by atoms with Crippen LogP contribution < -0.4 is 4.90 Å². The summed E-state index contributed by atoms with van der Waals surface area (Å²) >= 11 is 0. The van der Waals surface area contributed by atoms with Gasteiger partial charge in [0.05, 0.1) is 5.56 Å². The van der Waals surface area contributed by atoms with Crippen LogP contribution in [-0.2, 0) is 0 Å². The first-order valence-corrected chi connectivity index (χ1v) is 6.72. The van der Waals surface area contributed by atoms with Crippen LogP contribution >= 0.6 is 0 Å². The standard InChI is InChI=1S/C16H16N4/c1-11-7-12(2)19-16(15(11)8-17)20-9-14(10-20)13-3-5-18-6-4-13/h3-7,14H,9-10H2,1-2H3. The Morgan fingerprint density at radius 3 is 2.60 bits per heavy atom. The number of hydrogen-bond acceptors (Lipinski definition) is 4. The van der Waals surface area contributed by atoms with Crippen molar-refractivity contribution in [1.82, 2.24) is 9.97 Å². The SMILES string of the molecule is Cc1cc(C)c(C#N)c(N2CC(c3ccncc3)C2)n1. The van der Waals surface area contributed by atoms with Gasteiger partial charge in [-0.1, -0.05) is 0 Å². The number of nitrogens with zero attached hydrogens (tertiary/aromatic N) is 4. The lowest BCUT2D eigenvalue weighted by molar-refractivity contribution is 0.518. The van der Waals surface area contributed by atoms with Crippen molar-refractivity contribution in [2.24, 2.45) is 0 Å². The van der Waals surface area contributed by atoms with Crippen molar-refractivity contribution in [3.05, 3.63) is 53.0 Å². The smallest absolute Gasteiger partial charge is 0.147 e. The molecule has 3 rings (SSSR count). The summed E-state index contributed by atoms with van der Waals surface area (Å²) in [5.74, 6) is 1.34. The zero-order valence-corrected chi connectivity index (χ0v) is 11.7. The van der Waals surface area contributed by atoms with Crippen molar-refractivity contribution in [2.45, 2.75) is 19.8 Å². The van der Waals surface area contributed by atoms with E-state index in [-0.39, 0.29) is 0 Å². The van der Waals surface area contributed by atoms with Crippen molar-refractivity contribution in [3.8, 4) is 6.07 Å². The summed E-state index contributed by atoms with van der Waals surface area (Å²) in [7, 11) is 0. The molecule has 0 amide bonds. The van der Waals surface area contributed by atoms with Crippen LogP contribution in [0.1, 0.15) is 28.3 Å². The van der Waals surface area contributed by atoms with E-state index < -0.39 is 0 Å². The highest BCUT2D eigenvalue weighted by atomic mass is 15.2. The number of aryl methyl sites for hydroxylation is 2. The Morgan fingerprint density at radius 1 is 1.25 bits per heavy atom. The van der Waals surface area contributed by atoms with Crippen molar-refractivity contribution in [1.29, 1.82) is 5.26 Å². The average molecular weight is 264 g/mol. The Balaban J connectivity index is 1.83. The second-order valence-electron chi connectivity index (χ2n) is 5.27. The van der Waals surface area contributed by atoms with Gasteiger partial charge in [-0.25, -0.2) is 4.98 Å². The molecule has 20 heavy (non-hydrogen) atoms. The third kappa shape index (κ3) is 2.12. The summed E-state index contributed by atoms with van der Waals surface area (Å²) in [5.41, 5.74) is 3.97.